The Morgan fingerprint density at radius 1 is 0.935 bits per heavy atom. The number of hydrogen-bond donors (Lipinski definition) is 2. The first kappa shape index (κ1) is 23.0. The van der Waals surface area contributed by atoms with Crippen LogP contribution in [-0.2, 0) is 9.59 Å². The normalized spacial score (nSPS) is 14.8. The number of carbonyl (C=O) groups is 3. The van der Waals surface area contributed by atoms with E-state index in [1.165, 1.54) is 0 Å². The molecule has 0 radical (unpaired) electrons. The predicted molar refractivity (Wildman–Crippen MR) is 126 cm³/mol. The molecule has 2 aromatic rings. The van der Waals surface area contributed by atoms with Crippen molar-refractivity contribution in [3.05, 3.63) is 58.6 Å². The number of amides is 3. The summed E-state index contributed by atoms with van der Waals surface area (Å²) in [5.74, 6) is -0.302. The first-order chi connectivity index (χ1) is 14.6. The van der Waals surface area contributed by atoms with Gasteiger partial charge in [0.05, 0.1) is 0 Å². The molecule has 2 N–H and O–H groups in total. The Hall–Kier alpha value is -2.67. The molecule has 3 rings (SSSR count). The van der Waals surface area contributed by atoms with Crippen LogP contribution in [0.1, 0.15) is 44.0 Å². The maximum Gasteiger partial charge on any atom is 0.253 e. The minimum atomic E-state index is -0.499. The lowest BCUT2D eigenvalue weighted by Gasteiger charge is -2.31. The summed E-state index contributed by atoms with van der Waals surface area (Å²) < 4.78 is 0.932. The lowest BCUT2D eigenvalue weighted by Crippen LogP contribution is -2.41. The highest BCUT2D eigenvalue weighted by molar-refractivity contribution is 9.10. The predicted octanol–water partition coefficient (Wildman–Crippen LogP) is 4.92. The molecule has 3 amide bonds. The average Bonchev–Trinajstić information content (AvgIpc) is 2.73. The number of anilines is 2. The van der Waals surface area contributed by atoms with Gasteiger partial charge < -0.3 is 15.5 Å². The molecule has 6 nitrogen and oxygen atoms in total. The first-order valence-electron chi connectivity index (χ1n) is 10.4. The van der Waals surface area contributed by atoms with Crippen LogP contribution in [0.25, 0.3) is 0 Å². The van der Waals surface area contributed by atoms with Crippen molar-refractivity contribution in [2.75, 3.05) is 23.7 Å². The van der Waals surface area contributed by atoms with Crippen LogP contribution in [0, 0.1) is 11.3 Å². The highest BCUT2D eigenvalue weighted by Gasteiger charge is 2.28. The van der Waals surface area contributed by atoms with Gasteiger partial charge in [-0.3, -0.25) is 14.4 Å². The number of piperidine rings is 1. The number of rotatable bonds is 4. The Balaban J connectivity index is 1.54. The van der Waals surface area contributed by atoms with Gasteiger partial charge in [0, 0.05) is 45.8 Å². The monoisotopic (exact) mass is 485 g/mol. The van der Waals surface area contributed by atoms with Crippen LogP contribution >= 0.6 is 15.9 Å². The smallest absolute Gasteiger partial charge is 0.253 e. The van der Waals surface area contributed by atoms with Gasteiger partial charge in [0.15, 0.2) is 0 Å². The Bertz CT molecular complexity index is 959. The standard InChI is InChI=1S/C24H28BrN3O3/c1-24(2,3)23(31)27-20-6-4-5-19(15-20)26-21(29)16-11-13-28(14-12-16)22(30)17-7-9-18(25)10-8-17/h4-10,15-16H,11-14H2,1-3H3,(H,26,29)(H,27,31). The Morgan fingerprint density at radius 2 is 1.52 bits per heavy atom. The molecule has 1 heterocycles. The first-order valence-corrected chi connectivity index (χ1v) is 11.2. The molecule has 0 saturated carbocycles. The molecule has 1 saturated heterocycles. The maximum atomic E-state index is 12.7. The summed E-state index contributed by atoms with van der Waals surface area (Å²) in [6.45, 7) is 6.65. The van der Waals surface area contributed by atoms with Crippen LogP contribution in [0.3, 0.4) is 0 Å². The van der Waals surface area contributed by atoms with Crippen molar-refractivity contribution < 1.29 is 14.4 Å². The summed E-state index contributed by atoms with van der Waals surface area (Å²) in [5, 5.41) is 5.82. The van der Waals surface area contributed by atoms with Gasteiger partial charge in [-0.1, -0.05) is 42.8 Å². The van der Waals surface area contributed by atoms with Crippen molar-refractivity contribution >= 4 is 45.0 Å². The highest BCUT2D eigenvalue weighted by Crippen LogP contribution is 2.24. The van der Waals surface area contributed by atoms with Crippen molar-refractivity contribution in [3.63, 3.8) is 0 Å². The zero-order valence-corrected chi connectivity index (χ0v) is 19.7. The quantitative estimate of drug-likeness (QED) is 0.644. The van der Waals surface area contributed by atoms with E-state index in [-0.39, 0.29) is 23.6 Å². The summed E-state index contributed by atoms with van der Waals surface area (Å²) in [6, 6.07) is 14.5. The van der Waals surface area contributed by atoms with E-state index in [9.17, 15) is 14.4 Å². The van der Waals surface area contributed by atoms with E-state index < -0.39 is 5.41 Å². The van der Waals surface area contributed by atoms with E-state index in [1.54, 1.807) is 41.3 Å². The summed E-state index contributed by atoms with van der Waals surface area (Å²) in [7, 11) is 0. The lowest BCUT2D eigenvalue weighted by atomic mass is 9.95. The van der Waals surface area contributed by atoms with E-state index in [4.69, 9.17) is 0 Å². The summed E-state index contributed by atoms with van der Waals surface area (Å²) in [6.07, 6.45) is 1.24. The molecule has 1 fully saturated rings. The molecule has 7 heteroatoms. The Kier molecular flexibility index (Phi) is 7.15. The van der Waals surface area contributed by atoms with Crippen molar-refractivity contribution in [2.45, 2.75) is 33.6 Å². The van der Waals surface area contributed by atoms with Gasteiger partial charge in [0.2, 0.25) is 11.8 Å². The van der Waals surface area contributed by atoms with Crippen LogP contribution < -0.4 is 10.6 Å². The van der Waals surface area contributed by atoms with E-state index in [2.05, 4.69) is 26.6 Å². The molecule has 0 aromatic heterocycles. The van der Waals surface area contributed by atoms with E-state index in [0.29, 0.717) is 42.9 Å². The van der Waals surface area contributed by atoms with Gasteiger partial charge in [0.25, 0.3) is 5.91 Å². The zero-order valence-electron chi connectivity index (χ0n) is 18.1. The van der Waals surface area contributed by atoms with Crippen molar-refractivity contribution in [3.8, 4) is 0 Å². The van der Waals surface area contributed by atoms with Gasteiger partial charge >= 0.3 is 0 Å². The molecular formula is C24H28BrN3O3. The second kappa shape index (κ2) is 9.64. The fraction of sp³-hybridized carbons (Fsp3) is 0.375. The molecule has 2 aromatic carbocycles. The summed E-state index contributed by atoms with van der Waals surface area (Å²) >= 11 is 3.38. The topological polar surface area (TPSA) is 78.5 Å². The van der Waals surface area contributed by atoms with Gasteiger partial charge in [-0.25, -0.2) is 0 Å². The Morgan fingerprint density at radius 3 is 2.10 bits per heavy atom. The van der Waals surface area contributed by atoms with Crippen LogP contribution in [0.2, 0.25) is 0 Å². The number of nitrogens with zero attached hydrogens (tertiary/aromatic N) is 1. The molecule has 0 bridgehead atoms. The minimum Gasteiger partial charge on any atom is -0.339 e. The molecule has 0 aliphatic carbocycles. The SMILES string of the molecule is CC(C)(C)C(=O)Nc1cccc(NC(=O)C2CCN(C(=O)c3ccc(Br)cc3)CC2)c1. The molecule has 0 unspecified atom stereocenters. The summed E-state index contributed by atoms with van der Waals surface area (Å²) in [4.78, 5) is 39.4. The number of nitrogens with one attached hydrogen (secondary N) is 2. The minimum absolute atomic E-state index is 0.00588. The molecule has 0 atom stereocenters. The second-order valence-electron chi connectivity index (χ2n) is 8.85. The Labute approximate surface area is 191 Å². The largest absolute Gasteiger partial charge is 0.339 e. The molecular weight excluding hydrogens is 458 g/mol. The number of carbonyl (C=O) groups excluding carboxylic acids is 3. The molecule has 1 aliphatic heterocycles. The van der Waals surface area contributed by atoms with Gasteiger partial charge in [-0.2, -0.15) is 0 Å². The van der Waals surface area contributed by atoms with E-state index in [1.807, 2.05) is 32.9 Å². The van der Waals surface area contributed by atoms with Crippen LogP contribution in [0.15, 0.2) is 53.0 Å². The third kappa shape index (κ3) is 6.17. The molecule has 1 aliphatic rings. The van der Waals surface area contributed by atoms with Crippen molar-refractivity contribution in [1.29, 1.82) is 0 Å². The van der Waals surface area contributed by atoms with E-state index >= 15 is 0 Å². The van der Waals surface area contributed by atoms with Crippen molar-refractivity contribution in [1.82, 2.24) is 4.90 Å². The molecule has 164 valence electrons. The van der Waals surface area contributed by atoms with Gasteiger partial charge in [0.1, 0.15) is 0 Å². The number of hydrogen-bond acceptors (Lipinski definition) is 3. The van der Waals surface area contributed by atoms with Crippen LogP contribution in [-0.4, -0.2) is 35.7 Å². The lowest BCUT2D eigenvalue weighted by molar-refractivity contribution is -0.123. The number of halogens is 1. The van der Waals surface area contributed by atoms with E-state index in [0.717, 1.165) is 4.47 Å². The fourth-order valence-corrected chi connectivity index (χ4v) is 3.62. The number of benzene rings is 2. The van der Waals surface area contributed by atoms with Crippen LogP contribution in [0.5, 0.6) is 0 Å². The van der Waals surface area contributed by atoms with Gasteiger partial charge in [-0.05, 0) is 55.3 Å². The zero-order chi connectivity index (χ0) is 22.6. The third-order valence-corrected chi connectivity index (χ3v) is 5.84. The maximum absolute atomic E-state index is 12.7. The highest BCUT2D eigenvalue weighted by atomic mass is 79.9. The van der Waals surface area contributed by atoms with Crippen molar-refractivity contribution in [2.24, 2.45) is 11.3 Å². The average molecular weight is 486 g/mol. The number of likely N-dealkylation sites (tertiary alicyclic amines) is 1. The third-order valence-electron chi connectivity index (χ3n) is 5.31. The molecule has 31 heavy (non-hydrogen) atoms. The van der Waals surface area contributed by atoms with Crippen LogP contribution in [0.4, 0.5) is 11.4 Å². The molecule has 0 spiro atoms. The summed E-state index contributed by atoms with van der Waals surface area (Å²) in [5.41, 5.74) is 1.44. The fourth-order valence-electron chi connectivity index (χ4n) is 3.36. The second-order valence-corrected chi connectivity index (χ2v) is 9.76. The van der Waals surface area contributed by atoms with Gasteiger partial charge in [-0.15, -0.1) is 0 Å².